The first-order valence-electron chi connectivity index (χ1n) is 4.81. The van der Waals surface area contributed by atoms with Crippen molar-refractivity contribution < 1.29 is 5.11 Å². The monoisotopic (exact) mass is 233 g/mol. The molecule has 1 atom stereocenters. The van der Waals surface area contributed by atoms with E-state index in [9.17, 15) is 0 Å². The Labute approximate surface area is 93.9 Å². The van der Waals surface area contributed by atoms with Gasteiger partial charge in [0.05, 0.1) is 10.9 Å². The smallest absolute Gasteiger partial charge is 0.0931 e. The van der Waals surface area contributed by atoms with Crippen molar-refractivity contribution in [2.45, 2.75) is 25.8 Å². The van der Waals surface area contributed by atoms with E-state index in [-0.39, 0.29) is 6.61 Å². The van der Waals surface area contributed by atoms with Gasteiger partial charge in [0, 0.05) is 17.5 Å². The van der Waals surface area contributed by atoms with E-state index in [1.807, 2.05) is 6.07 Å². The molecule has 0 aliphatic carbocycles. The third kappa shape index (κ3) is 4.42. The quantitative estimate of drug-likeness (QED) is 0.791. The minimum Gasteiger partial charge on any atom is -0.395 e. The summed E-state index contributed by atoms with van der Waals surface area (Å²) >= 11 is 7.47. The van der Waals surface area contributed by atoms with E-state index in [1.54, 1.807) is 11.3 Å². The predicted octanol–water partition coefficient (Wildman–Crippen LogP) is 2.30. The molecule has 1 aromatic heterocycles. The molecule has 1 rings (SSSR count). The molecule has 4 heteroatoms. The summed E-state index contributed by atoms with van der Waals surface area (Å²) in [4.78, 5) is 1.33. The second kappa shape index (κ2) is 6.40. The van der Waals surface area contributed by atoms with E-state index in [4.69, 9.17) is 16.7 Å². The Bertz CT molecular complexity index is 264. The van der Waals surface area contributed by atoms with Gasteiger partial charge in [-0.1, -0.05) is 11.6 Å². The first kappa shape index (κ1) is 12.0. The van der Waals surface area contributed by atoms with E-state index in [0.29, 0.717) is 12.6 Å². The predicted molar refractivity (Wildman–Crippen MR) is 62.2 cm³/mol. The molecule has 2 N–H and O–H groups in total. The summed E-state index contributed by atoms with van der Waals surface area (Å²) in [5.74, 6) is 0. The van der Waals surface area contributed by atoms with Crippen LogP contribution in [0.5, 0.6) is 0 Å². The Balaban J connectivity index is 2.20. The molecular weight excluding hydrogens is 218 g/mol. The van der Waals surface area contributed by atoms with Crippen LogP contribution in [-0.2, 0) is 6.42 Å². The highest BCUT2D eigenvalue weighted by Crippen LogP contribution is 2.22. The van der Waals surface area contributed by atoms with Crippen LogP contribution in [0.4, 0.5) is 0 Å². The van der Waals surface area contributed by atoms with Gasteiger partial charge in [-0.3, -0.25) is 0 Å². The van der Waals surface area contributed by atoms with Crippen LogP contribution in [0.25, 0.3) is 0 Å². The number of aliphatic hydroxyl groups is 1. The summed E-state index contributed by atoms with van der Waals surface area (Å²) in [5, 5.41) is 11.9. The molecule has 1 unspecified atom stereocenters. The maximum atomic E-state index is 8.63. The Hall–Kier alpha value is -0.0900. The summed E-state index contributed by atoms with van der Waals surface area (Å²) in [7, 11) is 0. The van der Waals surface area contributed by atoms with E-state index in [2.05, 4.69) is 18.3 Å². The van der Waals surface area contributed by atoms with Gasteiger partial charge in [0.15, 0.2) is 0 Å². The molecule has 80 valence electrons. The van der Waals surface area contributed by atoms with Crippen LogP contribution in [0, 0.1) is 0 Å². The summed E-state index contributed by atoms with van der Waals surface area (Å²) in [6, 6.07) is 4.46. The second-order valence-electron chi connectivity index (χ2n) is 3.32. The van der Waals surface area contributed by atoms with Crippen LogP contribution in [0.15, 0.2) is 12.1 Å². The number of hydrogen-bond acceptors (Lipinski definition) is 3. The van der Waals surface area contributed by atoms with Crippen molar-refractivity contribution in [3.8, 4) is 0 Å². The molecule has 0 spiro atoms. The fraction of sp³-hybridized carbons (Fsp3) is 0.600. The van der Waals surface area contributed by atoms with Gasteiger partial charge >= 0.3 is 0 Å². The summed E-state index contributed by atoms with van der Waals surface area (Å²) < 4.78 is 0.857. The zero-order valence-electron chi connectivity index (χ0n) is 8.29. The summed E-state index contributed by atoms with van der Waals surface area (Å²) in [6.07, 6.45) is 2.13. The molecule has 1 heterocycles. The maximum Gasteiger partial charge on any atom is 0.0931 e. The van der Waals surface area contributed by atoms with Crippen LogP contribution in [0.1, 0.15) is 18.2 Å². The molecule has 14 heavy (non-hydrogen) atoms. The number of thiophene rings is 1. The Morgan fingerprint density at radius 2 is 2.36 bits per heavy atom. The molecule has 0 amide bonds. The lowest BCUT2D eigenvalue weighted by Gasteiger charge is -2.11. The van der Waals surface area contributed by atoms with Crippen LogP contribution >= 0.6 is 22.9 Å². The van der Waals surface area contributed by atoms with Crippen molar-refractivity contribution >= 4 is 22.9 Å². The lowest BCUT2D eigenvalue weighted by atomic mass is 10.1. The minimum absolute atomic E-state index is 0.204. The third-order valence-electron chi connectivity index (χ3n) is 2.06. The lowest BCUT2D eigenvalue weighted by molar-refractivity contribution is 0.284. The normalized spacial score (nSPS) is 13.1. The van der Waals surface area contributed by atoms with Crippen molar-refractivity contribution in [1.82, 2.24) is 5.32 Å². The Morgan fingerprint density at radius 3 is 2.93 bits per heavy atom. The molecule has 2 nitrogen and oxygen atoms in total. The number of aryl methyl sites for hydroxylation is 1. The van der Waals surface area contributed by atoms with Crippen LogP contribution < -0.4 is 5.32 Å². The average Bonchev–Trinajstić information content (AvgIpc) is 2.58. The van der Waals surface area contributed by atoms with Crippen molar-refractivity contribution in [3.05, 3.63) is 21.3 Å². The molecule has 0 aliphatic heterocycles. The fourth-order valence-electron chi connectivity index (χ4n) is 1.26. The highest BCUT2D eigenvalue weighted by Gasteiger charge is 2.03. The van der Waals surface area contributed by atoms with Gasteiger partial charge in [0.2, 0.25) is 0 Å². The van der Waals surface area contributed by atoms with E-state index in [0.717, 1.165) is 17.2 Å². The minimum atomic E-state index is 0.204. The molecule has 0 aliphatic rings. The van der Waals surface area contributed by atoms with Gasteiger partial charge in [-0.25, -0.2) is 0 Å². The number of nitrogens with one attached hydrogen (secondary N) is 1. The standard InChI is InChI=1S/C10H16ClNOS/c1-8(12-6-7-13)2-3-9-4-5-10(11)14-9/h4-5,8,12-13H,2-3,6-7H2,1H3. The van der Waals surface area contributed by atoms with Gasteiger partial charge < -0.3 is 10.4 Å². The Morgan fingerprint density at radius 1 is 1.57 bits per heavy atom. The largest absolute Gasteiger partial charge is 0.395 e. The van der Waals surface area contributed by atoms with Gasteiger partial charge in [0.25, 0.3) is 0 Å². The molecule has 0 fully saturated rings. The maximum absolute atomic E-state index is 8.63. The number of hydrogen-bond donors (Lipinski definition) is 2. The molecule has 0 radical (unpaired) electrons. The zero-order valence-corrected chi connectivity index (χ0v) is 9.87. The van der Waals surface area contributed by atoms with Crippen LogP contribution in [-0.4, -0.2) is 24.3 Å². The lowest BCUT2D eigenvalue weighted by Crippen LogP contribution is -2.29. The van der Waals surface area contributed by atoms with Gasteiger partial charge in [-0.2, -0.15) is 0 Å². The molecular formula is C10H16ClNOS. The van der Waals surface area contributed by atoms with Crippen LogP contribution in [0.2, 0.25) is 4.34 Å². The SMILES string of the molecule is CC(CCc1ccc(Cl)s1)NCCO. The topological polar surface area (TPSA) is 32.3 Å². The molecule has 1 aromatic rings. The average molecular weight is 234 g/mol. The zero-order chi connectivity index (χ0) is 10.4. The van der Waals surface area contributed by atoms with Crippen molar-refractivity contribution in [2.75, 3.05) is 13.2 Å². The van der Waals surface area contributed by atoms with Gasteiger partial charge in [-0.15, -0.1) is 11.3 Å². The first-order chi connectivity index (χ1) is 6.72. The second-order valence-corrected chi connectivity index (χ2v) is 5.12. The number of halogens is 1. The highest BCUT2D eigenvalue weighted by atomic mass is 35.5. The van der Waals surface area contributed by atoms with Crippen molar-refractivity contribution in [3.63, 3.8) is 0 Å². The Kier molecular flexibility index (Phi) is 5.48. The van der Waals surface area contributed by atoms with E-state index in [1.165, 1.54) is 4.88 Å². The first-order valence-corrected chi connectivity index (χ1v) is 6.00. The van der Waals surface area contributed by atoms with Gasteiger partial charge in [-0.05, 0) is 31.9 Å². The van der Waals surface area contributed by atoms with E-state index >= 15 is 0 Å². The fourth-order valence-corrected chi connectivity index (χ4v) is 2.36. The highest BCUT2D eigenvalue weighted by molar-refractivity contribution is 7.16. The van der Waals surface area contributed by atoms with Crippen LogP contribution in [0.3, 0.4) is 0 Å². The molecule has 0 saturated heterocycles. The third-order valence-corrected chi connectivity index (χ3v) is 3.35. The summed E-state index contributed by atoms with van der Waals surface area (Å²) in [5.41, 5.74) is 0. The number of rotatable bonds is 6. The van der Waals surface area contributed by atoms with E-state index < -0.39 is 0 Å². The van der Waals surface area contributed by atoms with Crippen molar-refractivity contribution in [1.29, 1.82) is 0 Å². The molecule has 0 saturated carbocycles. The summed E-state index contributed by atoms with van der Waals surface area (Å²) in [6.45, 7) is 3.01. The number of aliphatic hydroxyl groups excluding tert-OH is 1. The molecule has 0 bridgehead atoms. The van der Waals surface area contributed by atoms with Crippen molar-refractivity contribution in [2.24, 2.45) is 0 Å². The van der Waals surface area contributed by atoms with Gasteiger partial charge in [0.1, 0.15) is 0 Å². The molecule has 0 aromatic carbocycles.